The molecule has 0 aliphatic rings. The molecule has 0 spiro atoms. The molecule has 0 saturated heterocycles. The van der Waals surface area contributed by atoms with Crippen molar-refractivity contribution in [3.63, 3.8) is 0 Å². The normalized spacial score (nSPS) is 12.2. The molecule has 0 bridgehead atoms. The Morgan fingerprint density at radius 3 is 2.96 bits per heavy atom. The van der Waals surface area contributed by atoms with Crippen molar-refractivity contribution in [2.45, 2.75) is 18.9 Å². The topological polar surface area (TPSA) is 116 Å². The van der Waals surface area contributed by atoms with Crippen LogP contribution in [-0.4, -0.2) is 39.9 Å². The number of fused-ring (bicyclic) bond motifs is 1. The van der Waals surface area contributed by atoms with Crippen LogP contribution in [0.1, 0.15) is 29.4 Å². The Kier molecular flexibility index (Phi) is 4.99. The molecule has 0 fully saturated rings. The van der Waals surface area contributed by atoms with Crippen LogP contribution >= 0.6 is 0 Å². The molecule has 9 nitrogen and oxygen atoms in total. The lowest BCUT2D eigenvalue weighted by molar-refractivity contribution is -0.140. The van der Waals surface area contributed by atoms with E-state index < -0.39 is 23.1 Å². The van der Waals surface area contributed by atoms with Gasteiger partial charge in [0.05, 0.1) is 25.6 Å². The van der Waals surface area contributed by atoms with Crippen LogP contribution in [0.5, 0.6) is 5.75 Å². The van der Waals surface area contributed by atoms with E-state index in [2.05, 4.69) is 10.1 Å². The SMILES string of the molecule is COCc1cc(=O)c(O)c([C@@H](CC(=O)OC)c2cnn3cccnc23)o1. The van der Waals surface area contributed by atoms with Crippen molar-refractivity contribution in [1.82, 2.24) is 14.6 Å². The molecule has 136 valence electrons. The van der Waals surface area contributed by atoms with Crippen LogP contribution in [0.3, 0.4) is 0 Å². The molecule has 0 aliphatic heterocycles. The highest BCUT2D eigenvalue weighted by Gasteiger charge is 2.29. The number of methoxy groups -OCH3 is 2. The third-order valence-electron chi connectivity index (χ3n) is 3.88. The minimum atomic E-state index is -0.806. The van der Waals surface area contributed by atoms with E-state index in [1.807, 2.05) is 0 Å². The molecule has 0 amide bonds. The fraction of sp³-hybridized carbons (Fsp3) is 0.294. The number of carbonyl (C=O) groups excluding carboxylic acids is 1. The maximum Gasteiger partial charge on any atom is 0.306 e. The van der Waals surface area contributed by atoms with Gasteiger partial charge in [0.25, 0.3) is 0 Å². The second-order valence-corrected chi connectivity index (χ2v) is 5.54. The van der Waals surface area contributed by atoms with Crippen molar-refractivity contribution >= 4 is 11.6 Å². The summed E-state index contributed by atoms with van der Waals surface area (Å²) in [5, 5.41) is 14.5. The number of hydrogen-bond acceptors (Lipinski definition) is 8. The van der Waals surface area contributed by atoms with Crippen LogP contribution < -0.4 is 5.43 Å². The van der Waals surface area contributed by atoms with Crippen LogP contribution in [0, 0.1) is 0 Å². The first-order valence-corrected chi connectivity index (χ1v) is 7.75. The molecule has 3 rings (SSSR count). The Labute approximate surface area is 147 Å². The molecule has 3 aromatic heterocycles. The lowest BCUT2D eigenvalue weighted by atomic mass is 9.94. The zero-order valence-corrected chi connectivity index (χ0v) is 14.2. The molecule has 9 heteroatoms. The first-order valence-electron chi connectivity index (χ1n) is 7.75. The van der Waals surface area contributed by atoms with E-state index in [1.54, 1.807) is 18.5 Å². The van der Waals surface area contributed by atoms with E-state index in [9.17, 15) is 14.7 Å². The first-order chi connectivity index (χ1) is 12.5. The number of nitrogens with zero attached hydrogens (tertiary/aromatic N) is 3. The third kappa shape index (κ3) is 3.29. The van der Waals surface area contributed by atoms with E-state index >= 15 is 0 Å². The van der Waals surface area contributed by atoms with Gasteiger partial charge in [-0.25, -0.2) is 9.50 Å². The van der Waals surface area contributed by atoms with E-state index in [1.165, 1.54) is 24.9 Å². The maximum atomic E-state index is 12.1. The standard InChI is InChI=1S/C17H17N3O6/c1-24-9-10-6-13(21)15(23)16(26-10)11(7-14(22)25-2)12-8-19-20-5-3-4-18-17(12)20/h3-6,8,11,23H,7,9H2,1-2H3/t11-/m0/s1. The Hall–Kier alpha value is -3.20. The van der Waals surface area contributed by atoms with Gasteiger partial charge in [0.2, 0.25) is 11.2 Å². The van der Waals surface area contributed by atoms with Crippen LogP contribution in [0.2, 0.25) is 0 Å². The van der Waals surface area contributed by atoms with Gasteiger partial charge < -0.3 is 19.0 Å². The molecule has 0 unspecified atom stereocenters. The smallest absolute Gasteiger partial charge is 0.306 e. The summed E-state index contributed by atoms with van der Waals surface area (Å²) in [6.07, 6.45) is 4.62. The van der Waals surface area contributed by atoms with Gasteiger partial charge in [-0.2, -0.15) is 5.10 Å². The summed E-state index contributed by atoms with van der Waals surface area (Å²) < 4.78 is 16.9. The number of aromatic nitrogens is 3. The lowest BCUT2D eigenvalue weighted by Gasteiger charge is -2.16. The van der Waals surface area contributed by atoms with Crippen LogP contribution in [-0.2, 0) is 20.9 Å². The van der Waals surface area contributed by atoms with Gasteiger partial charge in [0, 0.05) is 31.1 Å². The summed E-state index contributed by atoms with van der Waals surface area (Å²) in [6.45, 7) is 0.0421. The number of rotatable bonds is 6. The number of esters is 1. The predicted molar refractivity (Wildman–Crippen MR) is 88.8 cm³/mol. The zero-order valence-electron chi connectivity index (χ0n) is 14.2. The quantitative estimate of drug-likeness (QED) is 0.653. The van der Waals surface area contributed by atoms with Gasteiger partial charge in [-0.15, -0.1) is 0 Å². The molecule has 3 heterocycles. The van der Waals surface area contributed by atoms with Crippen LogP contribution in [0.4, 0.5) is 0 Å². The highest BCUT2D eigenvalue weighted by Crippen LogP contribution is 2.34. The lowest BCUT2D eigenvalue weighted by Crippen LogP contribution is -2.14. The van der Waals surface area contributed by atoms with Gasteiger partial charge in [-0.05, 0) is 6.07 Å². The predicted octanol–water partition coefficient (Wildman–Crippen LogP) is 1.23. The minimum Gasteiger partial charge on any atom is -0.502 e. The van der Waals surface area contributed by atoms with Crippen molar-refractivity contribution in [3.05, 3.63) is 58.0 Å². The van der Waals surface area contributed by atoms with Gasteiger partial charge >= 0.3 is 5.97 Å². The van der Waals surface area contributed by atoms with Crippen molar-refractivity contribution in [3.8, 4) is 5.75 Å². The van der Waals surface area contributed by atoms with Gasteiger partial charge in [-0.1, -0.05) is 0 Å². The molecule has 0 aliphatic carbocycles. The number of ether oxygens (including phenoxy) is 2. The van der Waals surface area contributed by atoms with Gasteiger partial charge in [0.15, 0.2) is 11.4 Å². The number of aromatic hydroxyl groups is 1. The molecular formula is C17H17N3O6. The summed E-state index contributed by atoms with van der Waals surface area (Å²) in [4.78, 5) is 28.3. The van der Waals surface area contributed by atoms with E-state index in [-0.39, 0.29) is 24.5 Å². The van der Waals surface area contributed by atoms with Gasteiger partial charge in [0.1, 0.15) is 12.4 Å². The fourth-order valence-electron chi connectivity index (χ4n) is 2.69. The molecule has 1 atom stereocenters. The van der Waals surface area contributed by atoms with Gasteiger partial charge in [-0.3, -0.25) is 9.59 Å². The van der Waals surface area contributed by atoms with Crippen LogP contribution in [0.15, 0.2) is 39.9 Å². The maximum absolute atomic E-state index is 12.1. The molecule has 0 radical (unpaired) electrons. The highest BCUT2D eigenvalue weighted by atomic mass is 16.5. The Morgan fingerprint density at radius 2 is 2.23 bits per heavy atom. The highest BCUT2D eigenvalue weighted by molar-refractivity contribution is 5.72. The van der Waals surface area contributed by atoms with Crippen LogP contribution in [0.25, 0.3) is 5.65 Å². The van der Waals surface area contributed by atoms with Crippen molar-refractivity contribution < 1.29 is 23.8 Å². The van der Waals surface area contributed by atoms with Crippen molar-refractivity contribution in [2.24, 2.45) is 0 Å². The molecule has 1 N–H and O–H groups in total. The summed E-state index contributed by atoms with van der Waals surface area (Å²) in [5.41, 5.74) is 0.363. The molecule has 0 saturated carbocycles. The average Bonchev–Trinajstić information content (AvgIpc) is 3.06. The molecule has 0 aromatic carbocycles. The summed E-state index contributed by atoms with van der Waals surface area (Å²) in [6, 6.07) is 2.85. The number of carbonyl (C=O) groups is 1. The summed E-state index contributed by atoms with van der Waals surface area (Å²) >= 11 is 0. The third-order valence-corrected chi connectivity index (χ3v) is 3.88. The first kappa shape index (κ1) is 17.6. The Morgan fingerprint density at radius 1 is 1.42 bits per heavy atom. The largest absolute Gasteiger partial charge is 0.502 e. The minimum absolute atomic E-state index is 0.0421. The number of hydrogen-bond donors (Lipinski definition) is 1. The monoisotopic (exact) mass is 359 g/mol. The molecule has 3 aromatic rings. The van der Waals surface area contributed by atoms with Crippen molar-refractivity contribution in [1.29, 1.82) is 0 Å². The van der Waals surface area contributed by atoms with E-state index in [0.717, 1.165) is 6.07 Å². The Bertz CT molecular complexity index is 994. The molecular weight excluding hydrogens is 342 g/mol. The molecule has 26 heavy (non-hydrogen) atoms. The second kappa shape index (κ2) is 7.36. The summed E-state index contributed by atoms with van der Waals surface area (Å²) in [5.74, 6) is -1.75. The second-order valence-electron chi connectivity index (χ2n) is 5.54. The Balaban J connectivity index is 2.19. The van der Waals surface area contributed by atoms with E-state index in [4.69, 9.17) is 13.9 Å². The average molecular weight is 359 g/mol. The fourth-order valence-corrected chi connectivity index (χ4v) is 2.69. The zero-order chi connectivity index (χ0) is 18.7. The summed E-state index contributed by atoms with van der Waals surface area (Å²) in [7, 11) is 2.71. The van der Waals surface area contributed by atoms with Crippen molar-refractivity contribution in [2.75, 3.05) is 14.2 Å². The van der Waals surface area contributed by atoms with E-state index in [0.29, 0.717) is 11.2 Å².